The van der Waals surface area contributed by atoms with Gasteiger partial charge in [0.2, 0.25) is 0 Å². The summed E-state index contributed by atoms with van der Waals surface area (Å²) in [5.41, 5.74) is 4.18. The molecule has 0 aliphatic rings. The predicted molar refractivity (Wildman–Crippen MR) is 107 cm³/mol. The van der Waals surface area contributed by atoms with E-state index in [1.54, 1.807) is 0 Å². The van der Waals surface area contributed by atoms with E-state index in [0.29, 0.717) is 0 Å². The molecule has 0 fully saturated rings. The minimum atomic E-state index is -4.73. The maximum absolute atomic E-state index is 13.8. The molecular weight excluding hydrogens is 482 g/mol. The molecule has 1 aromatic heterocycles. The van der Waals surface area contributed by atoms with E-state index in [4.69, 9.17) is 17.3 Å². The maximum Gasteiger partial charge on any atom is 1.00 e. The van der Waals surface area contributed by atoms with Gasteiger partial charge in [0, 0.05) is 17.2 Å². The number of alkyl halides is 3. The van der Waals surface area contributed by atoms with Crippen molar-refractivity contribution in [1.29, 1.82) is 0 Å². The van der Waals surface area contributed by atoms with Crippen LogP contribution in [0.1, 0.15) is 19.4 Å². The Kier molecular flexibility index (Phi) is 8.23. The van der Waals surface area contributed by atoms with Gasteiger partial charge in [-0.05, 0) is 43.7 Å². The molecule has 160 valence electrons. The average molecular weight is 498 g/mol. The summed E-state index contributed by atoms with van der Waals surface area (Å²) >= 11 is 6.19. The van der Waals surface area contributed by atoms with Crippen molar-refractivity contribution < 1.29 is 73.0 Å². The van der Waals surface area contributed by atoms with Crippen LogP contribution in [0.5, 0.6) is 0 Å². The summed E-state index contributed by atoms with van der Waals surface area (Å²) in [4.78, 5) is 3.73. The van der Waals surface area contributed by atoms with E-state index in [1.807, 2.05) is 0 Å². The Hall–Kier alpha value is -1.15. The van der Waals surface area contributed by atoms with Crippen LogP contribution in [-0.4, -0.2) is 23.8 Å². The molecule has 2 aromatic carbocycles. The van der Waals surface area contributed by atoms with Crippen molar-refractivity contribution in [2.75, 3.05) is 11.1 Å². The van der Waals surface area contributed by atoms with Crippen LogP contribution in [0.3, 0.4) is 0 Å². The number of nitrogens with one attached hydrogen (secondary N) is 1. The average Bonchev–Trinajstić information content (AvgIpc) is 3.05. The zero-order chi connectivity index (χ0) is 22.3. The Labute approximate surface area is 224 Å². The molecule has 7 nitrogen and oxygen atoms in total. The van der Waals surface area contributed by atoms with Gasteiger partial charge in [-0.25, -0.2) is 8.42 Å². The van der Waals surface area contributed by atoms with Crippen LogP contribution in [0.25, 0.3) is 11.1 Å². The summed E-state index contributed by atoms with van der Waals surface area (Å²) in [6.45, 7) is 3.04. The van der Waals surface area contributed by atoms with Crippen molar-refractivity contribution in [3.63, 3.8) is 0 Å². The first kappa shape index (κ1) is 26.1. The first-order valence-corrected chi connectivity index (χ1v) is 10.5. The van der Waals surface area contributed by atoms with Crippen molar-refractivity contribution in [3.8, 4) is 11.1 Å². The monoisotopic (exact) mass is 497 g/mol. The normalized spacial score (nSPS) is 12.0. The van der Waals surface area contributed by atoms with Crippen LogP contribution in [0.15, 0.2) is 41.3 Å². The first-order chi connectivity index (χ1) is 13.9. The second-order valence-electron chi connectivity index (χ2n) is 6.62. The molecule has 0 atom stereocenters. The number of halogens is 4. The third kappa shape index (κ3) is 5.80. The van der Waals surface area contributed by atoms with Crippen LogP contribution < -0.4 is 67.5 Å². The van der Waals surface area contributed by atoms with Gasteiger partial charge in [-0.2, -0.15) is 18.3 Å². The van der Waals surface area contributed by atoms with Crippen LogP contribution in [0, 0.1) is 0 Å². The van der Waals surface area contributed by atoms with Gasteiger partial charge < -0.3 is 16.0 Å². The Morgan fingerprint density at radius 3 is 2.26 bits per heavy atom. The minimum Gasteiger partial charge on any atom is -0.452 e. The second-order valence-corrected chi connectivity index (χ2v) is 9.53. The molecule has 0 aliphatic heterocycles. The van der Waals surface area contributed by atoms with Crippen molar-refractivity contribution in [2.45, 2.75) is 30.2 Å². The molecule has 0 unspecified atom stereocenters. The van der Waals surface area contributed by atoms with E-state index in [9.17, 15) is 21.6 Å². The van der Waals surface area contributed by atoms with Crippen LogP contribution in [0.4, 0.5) is 30.8 Å². The number of hydrogen-bond donors (Lipinski definition) is 2. The topological polar surface area (TPSA) is 112 Å². The number of nitrogen functional groups attached to an aromatic ring is 1. The smallest absolute Gasteiger partial charge is 0.452 e. The van der Waals surface area contributed by atoms with Crippen molar-refractivity contribution in [2.24, 2.45) is 0 Å². The van der Waals surface area contributed by atoms with E-state index >= 15 is 0 Å². The van der Waals surface area contributed by atoms with Gasteiger partial charge >= 0.3 is 57.6 Å². The summed E-state index contributed by atoms with van der Waals surface area (Å²) in [5.74, 6) is -0.208. The first-order valence-electron chi connectivity index (χ1n) is 8.54. The van der Waals surface area contributed by atoms with Gasteiger partial charge in [-0.15, -0.1) is 0 Å². The van der Waals surface area contributed by atoms with Gasteiger partial charge in [-0.3, -0.25) is 5.10 Å². The number of rotatable bonds is 5. The number of nitrogens with two attached hydrogens (primary N) is 1. The molecule has 0 aliphatic carbocycles. The van der Waals surface area contributed by atoms with Crippen molar-refractivity contribution >= 4 is 39.0 Å². The SMILES string of the molecule is CC(C)S(=O)(=O)c1ccc(-c2c(Cl)cc(Nc3n[n-]c(N)n3)cc2C(F)(F)F)cc1.[K+]. The van der Waals surface area contributed by atoms with Gasteiger partial charge in [0.1, 0.15) is 0 Å². The van der Waals surface area contributed by atoms with E-state index in [0.717, 1.165) is 6.07 Å². The molecule has 0 radical (unpaired) electrons. The second kappa shape index (κ2) is 9.77. The number of aromatic nitrogens is 3. The van der Waals surface area contributed by atoms with Crippen molar-refractivity contribution in [1.82, 2.24) is 15.2 Å². The van der Waals surface area contributed by atoms with Crippen molar-refractivity contribution in [3.05, 3.63) is 47.0 Å². The summed E-state index contributed by atoms with van der Waals surface area (Å²) in [6.07, 6.45) is -4.73. The fraction of sp³-hybridized carbons (Fsp3) is 0.222. The molecule has 3 rings (SSSR count). The number of anilines is 3. The number of benzene rings is 2. The van der Waals surface area contributed by atoms with Gasteiger partial charge in [-0.1, -0.05) is 23.7 Å². The molecule has 1 heterocycles. The largest absolute Gasteiger partial charge is 1.00 e. The fourth-order valence-electron chi connectivity index (χ4n) is 2.71. The predicted octanol–water partition coefficient (Wildman–Crippen LogP) is 1.28. The molecule has 0 spiro atoms. The standard InChI is InChI=1S/C18H16ClF3N5O2S.K/c1-9(2)30(28,29)12-5-3-10(4-6-12)15-13(18(20,21)22)7-11(8-14(15)19)24-17-25-16(23)26-27-17;/h3-9H,1-2H3,(H3-,23,24,25,26,27);/q-1;+1. The van der Waals surface area contributed by atoms with Gasteiger partial charge in [0.05, 0.1) is 20.7 Å². The summed E-state index contributed by atoms with van der Waals surface area (Å²) < 4.78 is 65.8. The van der Waals surface area contributed by atoms with Crippen LogP contribution >= 0.6 is 11.6 Å². The Morgan fingerprint density at radius 1 is 1.16 bits per heavy atom. The Balaban J connectivity index is 0.00000341. The summed E-state index contributed by atoms with van der Waals surface area (Å²) in [7, 11) is -3.56. The van der Waals surface area contributed by atoms with E-state index in [2.05, 4.69) is 20.5 Å². The van der Waals surface area contributed by atoms with E-state index in [1.165, 1.54) is 44.2 Å². The molecule has 0 amide bonds. The third-order valence-electron chi connectivity index (χ3n) is 4.21. The van der Waals surface area contributed by atoms with E-state index in [-0.39, 0.29) is 90.0 Å². The van der Waals surface area contributed by atoms with Gasteiger partial charge in [0.25, 0.3) is 0 Å². The quantitative estimate of drug-likeness (QED) is 0.511. The maximum atomic E-state index is 13.8. The van der Waals surface area contributed by atoms with Crippen LogP contribution in [0.2, 0.25) is 5.02 Å². The molecule has 31 heavy (non-hydrogen) atoms. The molecule has 3 aromatic rings. The van der Waals surface area contributed by atoms with Crippen LogP contribution in [-0.2, 0) is 16.0 Å². The number of sulfone groups is 1. The molecule has 0 saturated heterocycles. The summed E-state index contributed by atoms with van der Waals surface area (Å²) in [6, 6.07) is 7.25. The molecule has 0 saturated carbocycles. The molecule has 0 bridgehead atoms. The Bertz CT molecular complexity index is 1180. The fourth-order valence-corrected chi connectivity index (χ4v) is 4.10. The van der Waals surface area contributed by atoms with Gasteiger partial charge in [0.15, 0.2) is 15.8 Å². The summed E-state index contributed by atoms with van der Waals surface area (Å²) in [5, 5.41) is 8.76. The zero-order valence-corrected chi connectivity index (χ0v) is 21.4. The minimum absolute atomic E-state index is 0. The number of hydrogen-bond acceptors (Lipinski definition) is 6. The third-order valence-corrected chi connectivity index (χ3v) is 6.68. The zero-order valence-electron chi connectivity index (χ0n) is 16.7. The molecule has 3 N–H and O–H groups in total. The molecular formula is C18H16ClF3KN5O2S. The number of nitrogens with zero attached hydrogens (tertiary/aromatic N) is 3. The molecule has 13 heteroatoms. The van der Waals surface area contributed by atoms with E-state index < -0.39 is 26.8 Å². The Morgan fingerprint density at radius 2 is 1.77 bits per heavy atom.